The number of rotatable bonds is 5. The Morgan fingerprint density at radius 3 is 2.52 bits per heavy atom. The van der Waals surface area contributed by atoms with Gasteiger partial charge in [0.25, 0.3) is 0 Å². The summed E-state index contributed by atoms with van der Waals surface area (Å²) in [5, 5.41) is 23.4. The molecule has 0 amide bonds. The van der Waals surface area contributed by atoms with Crippen molar-refractivity contribution in [2.75, 3.05) is 5.32 Å². The third-order valence-corrected chi connectivity index (χ3v) is 4.68. The summed E-state index contributed by atoms with van der Waals surface area (Å²) < 4.78 is 0. The molecule has 25 heavy (non-hydrogen) atoms. The molecular weight excluding hydrogens is 338 g/mol. The van der Waals surface area contributed by atoms with Crippen LogP contribution in [-0.4, -0.2) is 26.2 Å². The first-order valence-electron chi connectivity index (χ1n) is 7.73. The van der Waals surface area contributed by atoms with E-state index in [1.807, 2.05) is 13.8 Å². The van der Waals surface area contributed by atoms with E-state index in [0.717, 1.165) is 28.2 Å². The van der Waals surface area contributed by atoms with Crippen molar-refractivity contribution < 1.29 is 15.0 Å². The van der Waals surface area contributed by atoms with Crippen LogP contribution in [0, 0.1) is 6.92 Å². The second-order valence-corrected chi connectivity index (χ2v) is 6.40. The molecule has 0 radical (unpaired) electrons. The lowest BCUT2D eigenvalue weighted by Gasteiger charge is -2.13. The van der Waals surface area contributed by atoms with Crippen LogP contribution in [0.1, 0.15) is 28.5 Å². The number of aromatic hydroxyl groups is 1. The minimum absolute atomic E-state index is 0.194. The molecule has 1 aromatic carbocycles. The molecular formula is C18H17N3O3S. The number of nitrogens with zero attached hydrogens (tertiary/aromatic N) is 2. The first-order chi connectivity index (χ1) is 12.0. The van der Waals surface area contributed by atoms with E-state index in [-0.39, 0.29) is 11.3 Å². The molecule has 3 N–H and O–H groups in total. The Hall–Kier alpha value is -2.93. The Kier molecular flexibility index (Phi) is 4.67. The number of aryl methyl sites for hydroxylation is 1. The number of carboxylic acid groups (broad SMARTS) is 1. The SMILES string of the molecule is CCc1c(C)nc(-c2cc(O)cs2)nc1Nc1ccc(C(=O)O)cc1. The van der Waals surface area contributed by atoms with E-state index in [1.165, 1.54) is 11.3 Å². The van der Waals surface area contributed by atoms with Gasteiger partial charge < -0.3 is 15.5 Å². The second-order valence-electron chi connectivity index (χ2n) is 5.49. The van der Waals surface area contributed by atoms with Gasteiger partial charge in [-0.2, -0.15) is 0 Å². The minimum atomic E-state index is -0.960. The van der Waals surface area contributed by atoms with Gasteiger partial charge in [-0.1, -0.05) is 6.92 Å². The molecule has 0 spiro atoms. The zero-order valence-corrected chi connectivity index (χ0v) is 14.6. The molecule has 0 bridgehead atoms. The largest absolute Gasteiger partial charge is 0.507 e. The highest BCUT2D eigenvalue weighted by molar-refractivity contribution is 7.13. The number of carbonyl (C=O) groups is 1. The monoisotopic (exact) mass is 355 g/mol. The third kappa shape index (κ3) is 3.61. The van der Waals surface area contributed by atoms with Crippen molar-refractivity contribution in [1.29, 1.82) is 0 Å². The summed E-state index contributed by atoms with van der Waals surface area (Å²) in [7, 11) is 0. The summed E-state index contributed by atoms with van der Waals surface area (Å²) in [5.41, 5.74) is 2.84. The fourth-order valence-corrected chi connectivity index (χ4v) is 3.21. The molecule has 0 aliphatic heterocycles. The van der Waals surface area contributed by atoms with Crippen LogP contribution in [-0.2, 0) is 6.42 Å². The molecule has 0 aliphatic carbocycles. The average Bonchev–Trinajstić information content (AvgIpc) is 3.01. The van der Waals surface area contributed by atoms with Gasteiger partial charge >= 0.3 is 5.97 Å². The lowest BCUT2D eigenvalue weighted by atomic mass is 10.1. The fraction of sp³-hybridized carbons (Fsp3) is 0.167. The van der Waals surface area contributed by atoms with Gasteiger partial charge in [0.1, 0.15) is 11.6 Å². The molecule has 0 aliphatic rings. The van der Waals surface area contributed by atoms with Gasteiger partial charge in [-0.05, 0) is 37.6 Å². The summed E-state index contributed by atoms with van der Waals surface area (Å²) in [5.74, 6) is 0.462. The lowest BCUT2D eigenvalue weighted by Crippen LogP contribution is -2.05. The van der Waals surface area contributed by atoms with Crippen LogP contribution in [0.25, 0.3) is 10.7 Å². The van der Waals surface area contributed by atoms with Crippen LogP contribution in [0.5, 0.6) is 5.75 Å². The van der Waals surface area contributed by atoms with Crippen LogP contribution in [0.15, 0.2) is 35.7 Å². The van der Waals surface area contributed by atoms with Crippen LogP contribution in [0.3, 0.4) is 0 Å². The molecule has 7 heteroatoms. The first-order valence-corrected chi connectivity index (χ1v) is 8.61. The molecule has 0 fully saturated rings. The van der Waals surface area contributed by atoms with Crippen molar-refractivity contribution in [1.82, 2.24) is 9.97 Å². The molecule has 2 aromatic heterocycles. The van der Waals surface area contributed by atoms with E-state index in [2.05, 4.69) is 15.3 Å². The molecule has 128 valence electrons. The maximum Gasteiger partial charge on any atom is 0.335 e. The highest BCUT2D eigenvalue weighted by Gasteiger charge is 2.14. The smallest absolute Gasteiger partial charge is 0.335 e. The Morgan fingerprint density at radius 2 is 1.96 bits per heavy atom. The number of hydrogen-bond acceptors (Lipinski definition) is 6. The highest BCUT2D eigenvalue weighted by Crippen LogP contribution is 2.31. The van der Waals surface area contributed by atoms with Crippen LogP contribution < -0.4 is 5.32 Å². The van der Waals surface area contributed by atoms with Gasteiger partial charge in [0.05, 0.1) is 10.4 Å². The summed E-state index contributed by atoms with van der Waals surface area (Å²) in [6, 6.07) is 8.13. The van der Waals surface area contributed by atoms with E-state index in [0.29, 0.717) is 11.6 Å². The molecule has 0 saturated heterocycles. The normalized spacial score (nSPS) is 10.6. The van der Waals surface area contributed by atoms with E-state index < -0.39 is 5.97 Å². The standard InChI is InChI=1S/C18H17N3O3S/c1-3-14-10(2)19-17(15-8-13(22)9-25-15)21-16(14)20-12-6-4-11(5-7-12)18(23)24/h4-9,22H,3H2,1-2H3,(H,23,24)(H,19,20,21). The molecule has 0 atom stereocenters. The number of hydrogen-bond donors (Lipinski definition) is 3. The zero-order chi connectivity index (χ0) is 18.0. The number of benzene rings is 1. The van der Waals surface area contributed by atoms with Gasteiger partial charge in [-0.3, -0.25) is 0 Å². The van der Waals surface area contributed by atoms with Crippen molar-refractivity contribution in [2.45, 2.75) is 20.3 Å². The number of thiophene rings is 1. The van der Waals surface area contributed by atoms with Crippen LogP contribution in [0.4, 0.5) is 11.5 Å². The predicted octanol–water partition coefficient (Wildman–Crippen LogP) is 4.22. The summed E-state index contributed by atoms with van der Waals surface area (Å²) in [6.07, 6.45) is 0.761. The third-order valence-electron chi connectivity index (χ3n) is 3.77. The molecule has 0 saturated carbocycles. The van der Waals surface area contributed by atoms with Gasteiger partial charge in [0, 0.05) is 28.4 Å². The van der Waals surface area contributed by atoms with Crippen molar-refractivity contribution in [2.24, 2.45) is 0 Å². The van der Waals surface area contributed by atoms with E-state index in [9.17, 15) is 9.90 Å². The first kappa shape index (κ1) is 16.9. The van der Waals surface area contributed by atoms with Crippen molar-refractivity contribution in [3.63, 3.8) is 0 Å². The van der Waals surface area contributed by atoms with E-state index >= 15 is 0 Å². The predicted molar refractivity (Wildman–Crippen MR) is 97.8 cm³/mol. The highest BCUT2D eigenvalue weighted by atomic mass is 32.1. The molecule has 6 nitrogen and oxygen atoms in total. The summed E-state index contributed by atoms with van der Waals surface area (Å²) in [4.78, 5) is 20.9. The zero-order valence-electron chi connectivity index (χ0n) is 13.8. The van der Waals surface area contributed by atoms with Gasteiger partial charge in [-0.25, -0.2) is 14.8 Å². The van der Waals surface area contributed by atoms with Crippen LogP contribution >= 0.6 is 11.3 Å². The molecule has 3 aromatic rings. The van der Waals surface area contributed by atoms with E-state index in [4.69, 9.17) is 5.11 Å². The number of carboxylic acids is 1. The van der Waals surface area contributed by atoms with Crippen molar-refractivity contribution in [3.8, 4) is 16.5 Å². The van der Waals surface area contributed by atoms with Gasteiger partial charge in [0.15, 0.2) is 5.82 Å². The Morgan fingerprint density at radius 1 is 1.24 bits per heavy atom. The summed E-state index contributed by atoms with van der Waals surface area (Å²) >= 11 is 1.38. The van der Waals surface area contributed by atoms with Crippen molar-refractivity contribution >= 4 is 28.8 Å². The number of anilines is 2. The van der Waals surface area contributed by atoms with Crippen molar-refractivity contribution in [3.05, 3.63) is 52.5 Å². The van der Waals surface area contributed by atoms with Gasteiger partial charge in [0.2, 0.25) is 0 Å². The van der Waals surface area contributed by atoms with Gasteiger partial charge in [-0.15, -0.1) is 11.3 Å². The van der Waals surface area contributed by atoms with Crippen LogP contribution in [0.2, 0.25) is 0 Å². The molecule has 3 rings (SSSR count). The average molecular weight is 355 g/mol. The van der Waals surface area contributed by atoms with E-state index in [1.54, 1.807) is 35.7 Å². The molecule has 2 heterocycles. The maximum absolute atomic E-state index is 11.0. The number of aromatic carboxylic acids is 1. The lowest BCUT2D eigenvalue weighted by molar-refractivity contribution is 0.0697. The maximum atomic E-state index is 11.0. The topological polar surface area (TPSA) is 95.3 Å². The Balaban J connectivity index is 1.98. The summed E-state index contributed by atoms with van der Waals surface area (Å²) in [6.45, 7) is 3.96. The fourth-order valence-electron chi connectivity index (χ4n) is 2.51. The Bertz CT molecular complexity index is 920. The Labute approximate surface area is 148 Å². The second kappa shape index (κ2) is 6.90. The quantitative estimate of drug-likeness (QED) is 0.634. The number of aromatic nitrogens is 2. The molecule has 0 unspecified atom stereocenters. The number of nitrogens with one attached hydrogen (secondary N) is 1. The minimum Gasteiger partial charge on any atom is -0.507 e.